The van der Waals surface area contributed by atoms with Crippen LogP contribution in [0.15, 0.2) is 17.4 Å². The van der Waals surface area contributed by atoms with E-state index in [-0.39, 0.29) is 0 Å². The van der Waals surface area contributed by atoms with Gasteiger partial charge >= 0.3 is 0 Å². The Morgan fingerprint density at radius 3 is 2.64 bits per heavy atom. The summed E-state index contributed by atoms with van der Waals surface area (Å²) in [6.45, 7) is 1.97. The Labute approximate surface area is 134 Å². The number of aromatic nitrogens is 2. The van der Waals surface area contributed by atoms with Crippen molar-refractivity contribution in [2.75, 3.05) is 20.1 Å². The van der Waals surface area contributed by atoms with Gasteiger partial charge in [0, 0.05) is 33.4 Å². The highest BCUT2D eigenvalue weighted by molar-refractivity contribution is 5.79. The molecule has 2 N–H and O–H groups in total. The number of hydrogen-bond donors (Lipinski definition) is 2. The fourth-order valence-electron chi connectivity index (χ4n) is 3.22. The van der Waals surface area contributed by atoms with Crippen LogP contribution in [0, 0.1) is 5.92 Å². The predicted octanol–water partition coefficient (Wildman–Crippen LogP) is 2.49. The van der Waals surface area contributed by atoms with Crippen LogP contribution >= 0.6 is 0 Å². The van der Waals surface area contributed by atoms with E-state index < -0.39 is 0 Å². The van der Waals surface area contributed by atoms with Gasteiger partial charge in [-0.1, -0.05) is 25.7 Å². The van der Waals surface area contributed by atoms with Crippen molar-refractivity contribution in [3.05, 3.63) is 18.0 Å². The standard InChI is InChI=1S/C17H31N5/c1-18-17(19-11-5-9-15-7-3-4-8-15)20-12-6-10-16-13-21-22(2)14-16/h13-15H,3-12H2,1-2H3,(H2,18,19,20). The summed E-state index contributed by atoms with van der Waals surface area (Å²) < 4.78 is 1.85. The predicted molar refractivity (Wildman–Crippen MR) is 92.1 cm³/mol. The van der Waals surface area contributed by atoms with Crippen LogP contribution in [0.25, 0.3) is 0 Å². The molecular formula is C17H31N5. The Kier molecular flexibility index (Phi) is 7.26. The first kappa shape index (κ1) is 16.8. The number of guanidine groups is 1. The molecule has 2 rings (SSSR count). The van der Waals surface area contributed by atoms with Crippen molar-refractivity contribution in [3.8, 4) is 0 Å². The lowest BCUT2D eigenvalue weighted by Gasteiger charge is -2.13. The van der Waals surface area contributed by atoms with E-state index in [9.17, 15) is 0 Å². The Bertz CT molecular complexity index is 446. The van der Waals surface area contributed by atoms with Gasteiger partial charge in [0.2, 0.25) is 0 Å². The second-order valence-electron chi connectivity index (χ2n) is 6.34. The summed E-state index contributed by atoms with van der Waals surface area (Å²) in [6.07, 6.45) is 14.6. The van der Waals surface area contributed by atoms with E-state index in [2.05, 4.69) is 26.9 Å². The Morgan fingerprint density at radius 2 is 2.00 bits per heavy atom. The first-order valence-electron chi connectivity index (χ1n) is 8.70. The molecule has 22 heavy (non-hydrogen) atoms. The smallest absolute Gasteiger partial charge is 0.190 e. The molecule has 0 saturated heterocycles. The molecule has 0 spiro atoms. The zero-order chi connectivity index (χ0) is 15.6. The minimum absolute atomic E-state index is 0.928. The van der Waals surface area contributed by atoms with Crippen molar-refractivity contribution in [2.24, 2.45) is 18.0 Å². The Morgan fingerprint density at radius 1 is 1.27 bits per heavy atom. The maximum absolute atomic E-state index is 4.28. The number of hydrogen-bond acceptors (Lipinski definition) is 2. The van der Waals surface area contributed by atoms with Gasteiger partial charge in [-0.25, -0.2) is 0 Å². The molecule has 0 aromatic carbocycles. The van der Waals surface area contributed by atoms with Gasteiger partial charge < -0.3 is 10.6 Å². The molecule has 1 aromatic heterocycles. The number of aryl methyl sites for hydroxylation is 2. The lowest BCUT2D eigenvalue weighted by atomic mass is 10.0. The van der Waals surface area contributed by atoms with E-state index in [1.807, 2.05) is 25.0 Å². The molecule has 0 radical (unpaired) electrons. The first-order chi connectivity index (χ1) is 10.8. The second kappa shape index (κ2) is 9.49. The van der Waals surface area contributed by atoms with Crippen LogP contribution in [0.3, 0.4) is 0 Å². The molecular weight excluding hydrogens is 274 g/mol. The van der Waals surface area contributed by atoms with Crippen LogP contribution in [0.5, 0.6) is 0 Å². The molecule has 1 aliphatic rings. The van der Waals surface area contributed by atoms with Gasteiger partial charge in [-0.3, -0.25) is 9.67 Å². The summed E-state index contributed by atoms with van der Waals surface area (Å²) in [4.78, 5) is 4.28. The highest BCUT2D eigenvalue weighted by atomic mass is 15.2. The highest BCUT2D eigenvalue weighted by Crippen LogP contribution is 2.28. The monoisotopic (exact) mass is 305 g/mol. The lowest BCUT2D eigenvalue weighted by molar-refractivity contribution is 0.481. The minimum Gasteiger partial charge on any atom is -0.356 e. The van der Waals surface area contributed by atoms with E-state index >= 15 is 0 Å². The minimum atomic E-state index is 0.928. The van der Waals surface area contributed by atoms with Gasteiger partial charge in [-0.15, -0.1) is 0 Å². The average molecular weight is 305 g/mol. The van der Waals surface area contributed by atoms with E-state index in [0.717, 1.165) is 37.8 Å². The van der Waals surface area contributed by atoms with Crippen molar-refractivity contribution in [1.29, 1.82) is 0 Å². The molecule has 1 saturated carbocycles. The molecule has 1 fully saturated rings. The number of nitrogens with zero attached hydrogens (tertiary/aromatic N) is 3. The van der Waals surface area contributed by atoms with Gasteiger partial charge in [-0.05, 0) is 37.2 Å². The third-order valence-electron chi connectivity index (χ3n) is 4.47. The quantitative estimate of drug-likeness (QED) is 0.441. The number of nitrogens with one attached hydrogen (secondary N) is 2. The van der Waals surface area contributed by atoms with Gasteiger partial charge in [-0.2, -0.15) is 5.10 Å². The van der Waals surface area contributed by atoms with E-state index in [0.29, 0.717) is 0 Å². The van der Waals surface area contributed by atoms with Gasteiger partial charge in [0.05, 0.1) is 6.20 Å². The van der Waals surface area contributed by atoms with Gasteiger partial charge in [0.1, 0.15) is 0 Å². The summed E-state index contributed by atoms with van der Waals surface area (Å²) in [5, 5.41) is 11.0. The summed E-state index contributed by atoms with van der Waals surface area (Å²) in [5.74, 6) is 1.91. The molecule has 0 amide bonds. The lowest BCUT2D eigenvalue weighted by Crippen LogP contribution is -2.38. The summed E-state index contributed by atoms with van der Waals surface area (Å²) in [5.41, 5.74) is 1.30. The topological polar surface area (TPSA) is 54.2 Å². The fourth-order valence-corrected chi connectivity index (χ4v) is 3.22. The molecule has 1 heterocycles. The first-order valence-corrected chi connectivity index (χ1v) is 8.70. The zero-order valence-electron chi connectivity index (χ0n) is 14.1. The van der Waals surface area contributed by atoms with E-state index in [1.165, 1.54) is 44.1 Å². The maximum Gasteiger partial charge on any atom is 0.190 e. The van der Waals surface area contributed by atoms with Crippen LogP contribution in [0.1, 0.15) is 50.5 Å². The van der Waals surface area contributed by atoms with Gasteiger partial charge in [0.15, 0.2) is 5.96 Å². The Hall–Kier alpha value is -1.52. The molecule has 5 heteroatoms. The van der Waals surface area contributed by atoms with Crippen LogP contribution in [-0.4, -0.2) is 35.9 Å². The maximum atomic E-state index is 4.28. The molecule has 0 unspecified atom stereocenters. The normalized spacial score (nSPS) is 16.2. The highest BCUT2D eigenvalue weighted by Gasteiger charge is 2.13. The summed E-state index contributed by atoms with van der Waals surface area (Å²) in [7, 11) is 3.80. The van der Waals surface area contributed by atoms with Crippen LogP contribution in [-0.2, 0) is 13.5 Å². The molecule has 1 aromatic rings. The molecule has 5 nitrogen and oxygen atoms in total. The SMILES string of the molecule is CN=C(NCCCc1cnn(C)c1)NCCCC1CCCC1. The average Bonchev–Trinajstić information content (AvgIpc) is 3.17. The second-order valence-corrected chi connectivity index (χ2v) is 6.34. The fraction of sp³-hybridized carbons (Fsp3) is 0.765. The number of rotatable bonds is 8. The van der Waals surface area contributed by atoms with Crippen molar-refractivity contribution in [2.45, 2.75) is 51.4 Å². The Balaban J connectivity index is 1.51. The molecule has 1 aliphatic carbocycles. The van der Waals surface area contributed by atoms with E-state index in [4.69, 9.17) is 0 Å². The summed E-state index contributed by atoms with van der Waals surface area (Å²) >= 11 is 0. The molecule has 0 aliphatic heterocycles. The largest absolute Gasteiger partial charge is 0.356 e. The van der Waals surface area contributed by atoms with E-state index in [1.54, 1.807) is 0 Å². The molecule has 0 atom stereocenters. The molecule has 124 valence electrons. The summed E-state index contributed by atoms with van der Waals surface area (Å²) in [6, 6.07) is 0. The van der Waals surface area contributed by atoms with Crippen molar-refractivity contribution < 1.29 is 0 Å². The van der Waals surface area contributed by atoms with Crippen molar-refractivity contribution in [1.82, 2.24) is 20.4 Å². The van der Waals surface area contributed by atoms with Crippen molar-refractivity contribution >= 4 is 5.96 Å². The zero-order valence-corrected chi connectivity index (χ0v) is 14.1. The number of aliphatic imine (C=N–C) groups is 1. The van der Waals surface area contributed by atoms with Crippen LogP contribution in [0.4, 0.5) is 0 Å². The van der Waals surface area contributed by atoms with Crippen LogP contribution < -0.4 is 10.6 Å². The van der Waals surface area contributed by atoms with Gasteiger partial charge in [0.25, 0.3) is 0 Å². The molecule has 0 bridgehead atoms. The third kappa shape index (κ3) is 6.08. The van der Waals surface area contributed by atoms with Crippen LogP contribution in [0.2, 0.25) is 0 Å². The van der Waals surface area contributed by atoms with Crippen molar-refractivity contribution in [3.63, 3.8) is 0 Å². The third-order valence-corrected chi connectivity index (χ3v) is 4.47.